The second-order valence-electron chi connectivity index (χ2n) is 5.77. The molecule has 2 heterocycles. The number of hydrogen-bond donors (Lipinski definition) is 1. The first-order valence-corrected chi connectivity index (χ1v) is 9.24. The molecule has 0 spiro atoms. The highest BCUT2D eigenvalue weighted by Crippen LogP contribution is 2.28. The van der Waals surface area contributed by atoms with Crippen LogP contribution in [0.15, 0.2) is 35.4 Å². The molecule has 24 heavy (non-hydrogen) atoms. The van der Waals surface area contributed by atoms with Gasteiger partial charge in [-0.05, 0) is 25.0 Å². The molecule has 0 unspecified atom stereocenters. The Morgan fingerprint density at radius 3 is 2.92 bits per heavy atom. The van der Waals surface area contributed by atoms with E-state index in [0.717, 1.165) is 0 Å². The van der Waals surface area contributed by atoms with Crippen molar-refractivity contribution in [1.82, 2.24) is 24.9 Å². The largest absolute Gasteiger partial charge is 0.354 e. The Bertz CT molecular complexity index is 722. The van der Waals surface area contributed by atoms with Crippen molar-refractivity contribution in [3.8, 4) is 5.82 Å². The second-order valence-corrected chi connectivity index (χ2v) is 7.06. The van der Waals surface area contributed by atoms with Gasteiger partial charge in [0.25, 0.3) is 5.56 Å². The molecule has 7 nitrogen and oxygen atoms in total. The molecule has 3 rings (SSSR count). The second kappa shape index (κ2) is 8.14. The van der Waals surface area contributed by atoms with E-state index in [-0.39, 0.29) is 11.5 Å². The van der Waals surface area contributed by atoms with Crippen LogP contribution in [-0.4, -0.2) is 43.0 Å². The average Bonchev–Trinajstić information content (AvgIpc) is 3.28. The average molecular weight is 347 g/mol. The van der Waals surface area contributed by atoms with Crippen LogP contribution in [0.5, 0.6) is 0 Å². The molecule has 8 heteroatoms. The van der Waals surface area contributed by atoms with Gasteiger partial charge in [0.1, 0.15) is 0 Å². The van der Waals surface area contributed by atoms with Gasteiger partial charge in [-0.15, -0.1) is 16.9 Å². The van der Waals surface area contributed by atoms with Gasteiger partial charge in [-0.25, -0.2) is 9.36 Å². The molecule has 2 aromatic heterocycles. The van der Waals surface area contributed by atoms with Crippen molar-refractivity contribution < 1.29 is 4.79 Å². The number of hydrogen-bond acceptors (Lipinski definition) is 5. The number of aromatic nitrogens is 4. The van der Waals surface area contributed by atoms with Crippen molar-refractivity contribution in [3.63, 3.8) is 0 Å². The van der Waals surface area contributed by atoms with Gasteiger partial charge < -0.3 is 5.32 Å². The Morgan fingerprint density at radius 2 is 2.17 bits per heavy atom. The van der Waals surface area contributed by atoms with Crippen LogP contribution in [-0.2, 0) is 11.3 Å². The third-order valence-electron chi connectivity index (χ3n) is 3.99. The summed E-state index contributed by atoms with van der Waals surface area (Å²) < 4.78 is 2.94. The smallest absolute Gasteiger partial charge is 0.266 e. The number of nitrogens with zero attached hydrogens (tertiary/aromatic N) is 4. The molecule has 0 bridgehead atoms. The van der Waals surface area contributed by atoms with Gasteiger partial charge in [0.05, 0.1) is 12.3 Å². The van der Waals surface area contributed by atoms with Gasteiger partial charge in [0.15, 0.2) is 5.82 Å². The van der Waals surface area contributed by atoms with E-state index in [2.05, 4.69) is 15.5 Å². The summed E-state index contributed by atoms with van der Waals surface area (Å²) >= 11 is 1.73. The van der Waals surface area contributed by atoms with Crippen LogP contribution in [0.4, 0.5) is 0 Å². The van der Waals surface area contributed by atoms with E-state index < -0.39 is 0 Å². The fourth-order valence-corrected chi connectivity index (χ4v) is 3.88. The van der Waals surface area contributed by atoms with Crippen LogP contribution in [0, 0.1) is 0 Å². The van der Waals surface area contributed by atoms with Crippen molar-refractivity contribution >= 4 is 17.7 Å². The maximum absolute atomic E-state index is 11.9. The molecule has 0 radical (unpaired) electrons. The van der Waals surface area contributed by atoms with Crippen LogP contribution in [0.1, 0.15) is 25.7 Å². The third-order valence-corrected chi connectivity index (χ3v) is 5.36. The summed E-state index contributed by atoms with van der Waals surface area (Å²) in [4.78, 5) is 23.7. The first-order valence-electron chi connectivity index (χ1n) is 8.19. The molecule has 1 fully saturated rings. The quantitative estimate of drug-likeness (QED) is 0.814. The van der Waals surface area contributed by atoms with Crippen LogP contribution in [0.25, 0.3) is 5.82 Å². The summed E-state index contributed by atoms with van der Waals surface area (Å²) in [6.07, 6.45) is 8.41. The molecule has 0 saturated heterocycles. The Balaban J connectivity index is 1.48. The molecule has 0 atom stereocenters. The molecule has 1 aliphatic carbocycles. The number of carbonyl (C=O) groups excluding carboxylic acids is 1. The van der Waals surface area contributed by atoms with E-state index in [0.29, 0.717) is 29.9 Å². The van der Waals surface area contributed by atoms with Gasteiger partial charge in [-0.1, -0.05) is 12.8 Å². The van der Waals surface area contributed by atoms with Gasteiger partial charge in [-0.3, -0.25) is 9.59 Å². The summed E-state index contributed by atoms with van der Waals surface area (Å²) in [7, 11) is 0. The third kappa shape index (κ3) is 4.47. The minimum absolute atomic E-state index is 0.0168. The summed E-state index contributed by atoms with van der Waals surface area (Å²) in [5.41, 5.74) is -0.194. The lowest BCUT2D eigenvalue weighted by Crippen LogP contribution is -2.33. The van der Waals surface area contributed by atoms with Crippen LogP contribution >= 0.6 is 11.8 Å². The number of nitrogens with one attached hydrogen (secondary N) is 1. The molecule has 0 aliphatic heterocycles. The monoisotopic (exact) mass is 347 g/mol. The molecule has 1 N–H and O–H groups in total. The molecule has 128 valence electrons. The SMILES string of the molecule is O=C(CSC1CCCC1)NCCn1nc(-n2cccn2)ccc1=O. The first-order chi connectivity index (χ1) is 11.7. The van der Waals surface area contributed by atoms with E-state index >= 15 is 0 Å². The predicted molar refractivity (Wildman–Crippen MR) is 93.3 cm³/mol. The lowest BCUT2D eigenvalue weighted by Gasteiger charge is -2.10. The maximum Gasteiger partial charge on any atom is 0.266 e. The highest BCUT2D eigenvalue weighted by Gasteiger charge is 2.16. The Morgan fingerprint density at radius 1 is 1.33 bits per heavy atom. The lowest BCUT2D eigenvalue weighted by atomic mass is 10.4. The first kappa shape index (κ1) is 16.8. The summed E-state index contributed by atoms with van der Waals surface area (Å²) in [5, 5.41) is 11.8. The number of rotatable bonds is 7. The standard InChI is InChI=1S/C16H21N5O2S/c22-15(12-24-13-4-1-2-5-13)17-9-11-21-16(23)7-6-14(19-21)20-10-3-8-18-20/h3,6-8,10,13H,1-2,4-5,9,11-12H2,(H,17,22). The Kier molecular flexibility index (Phi) is 5.68. The number of amides is 1. The lowest BCUT2D eigenvalue weighted by molar-refractivity contribution is -0.118. The van der Waals surface area contributed by atoms with E-state index in [1.54, 1.807) is 41.0 Å². The molecule has 0 aromatic carbocycles. The van der Waals surface area contributed by atoms with Crippen LogP contribution in [0.3, 0.4) is 0 Å². The molecular formula is C16H21N5O2S. The van der Waals surface area contributed by atoms with Gasteiger partial charge in [0.2, 0.25) is 5.91 Å². The number of carbonyl (C=O) groups is 1. The van der Waals surface area contributed by atoms with E-state index in [9.17, 15) is 9.59 Å². The normalized spacial score (nSPS) is 14.8. The van der Waals surface area contributed by atoms with Gasteiger partial charge >= 0.3 is 0 Å². The van der Waals surface area contributed by atoms with E-state index in [1.807, 2.05) is 0 Å². The summed E-state index contributed by atoms with van der Waals surface area (Å²) in [5.74, 6) is 1.08. The predicted octanol–water partition coefficient (Wildman–Crippen LogP) is 1.22. The Labute approximate surface area is 144 Å². The van der Waals surface area contributed by atoms with Crippen molar-refractivity contribution in [3.05, 3.63) is 40.9 Å². The van der Waals surface area contributed by atoms with Crippen LogP contribution < -0.4 is 10.9 Å². The fraction of sp³-hybridized carbons (Fsp3) is 0.500. The zero-order valence-electron chi connectivity index (χ0n) is 13.4. The molecule has 1 aliphatic rings. The van der Waals surface area contributed by atoms with Crippen LogP contribution in [0.2, 0.25) is 0 Å². The topological polar surface area (TPSA) is 81.8 Å². The molecule has 1 amide bonds. The minimum Gasteiger partial charge on any atom is -0.354 e. The highest BCUT2D eigenvalue weighted by molar-refractivity contribution is 8.00. The summed E-state index contributed by atoms with van der Waals surface area (Å²) in [6.45, 7) is 0.729. The molecular weight excluding hydrogens is 326 g/mol. The van der Waals surface area contributed by atoms with E-state index in [4.69, 9.17) is 0 Å². The van der Waals surface area contributed by atoms with Gasteiger partial charge in [0, 0.05) is 30.3 Å². The summed E-state index contributed by atoms with van der Waals surface area (Å²) in [6, 6.07) is 4.88. The van der Waals surface area contributed by atoms with Crippen molar-refractivity contribution in [2.75, 3.05) is 12.3 Å². The van der Waals surface area contributed by atoms with E-state index in [1.165, 1.54) is 36.4 Å². The fourth-order valence-electron chi connectivity index (χ4n) is 2.73. The minimum atomic E-state index is -0.194. The van der Waals surface area contributed by atoms with Crippen molar-refractivity contribution in [1.29, 1.82) is 0 Å². The van der Waals surface area contributed by atoms with Gasteiger partial charge in [-0.2, -0.15) is 5.10 Å². The zero-order valence-corrected chi connectivity index (χ0v) is 14.2. The highest BCUT2D eigenvalue weighted by atomic mass is 32.2. The van der Waals surface area contributed by atoms with Crippen molar-refractivity contribution in [2.24, 2.45) is 0 Å². The maximum atomic E-state index is 11.9. The zero-order chi connectivity index (χ0) is 16.8. The van der Waals surface area contributed by atoms with Crippen molar-refractivity contribution in [2.45, 2.75) is 37.5 Å². The Hall–Kier alpha value is -2.09. The molecule has 1 saturated carbocycles. The molecule has 2 aromatic rings. The number of thioether (sulfide) groups is 1.